The van der Waals surface area contributed by atoms with Crippen molar-refractivity contribution < 1.29 is 24.5 Å². The first-order chi connectivity index (χ1) is 19.5. The van der Waals surface area contributed by atoms with E-state index in [0.717, 1.165) is 52.8 Å². The molecule has 40 heavy (non-hydrogen) atoms. The van der Waals surface area contributed by atoms with Gasteiger partial charge in [0.2, 0.25) is 0 Å². The molecule has 1 atom stereocenters. The summed E-state index contributed by atoms with van der Waals surface area (Å²) in [5.74, 6) is -0.774. The van der Waals surface area contributed by atoms with Gasteiger partial charge in [-0.2, -0.15) is 0 Å². The van der Waals surface area contributed by atoms with Gasteiger partial charge in [-0.05, 0) is 65.6 Å². The molecule has 0 aromatic heterocycles. The number of carbonyl (C=O) groups is 2. The van der Waals surface area contributed by atoms with E-state index in [1.807, 2.05) is 66.7 Å². The molecule has 5 heteroatoms. The Morgan fingerprint density at radius 3 is 2.23 bits per heavy atom. The van der Waals surface area contributed by atoms with Gasteiger partial charge in [0.05, 0.1) is 5.56 Å². The summed E-state index contributed by atoms with van der Waals surface area (Å²) in [6, 6.07) is 33.4. The Labute approximate surface area is 235 Å². The van der Waals surface area contributed by atoms with Gasteiger partial charge in [0.1, 0.15) is 12.4 Å². The van der Waals surface area contributed by atoms with Gasteiger partial charge in [-0.15, -0.1) is 0 Å². The van der Waals surface area contributed by atoms with Crippen LogP contribution in [0.15, 0.2) is 109 Å². The molecule has 2 N–H and O–H groups in total. The molecule has 4 aromatic rings. The Morgan fingerprint density at radius 2 is 1.48 bits per heavy atom. The number of hydrogen-bond donors (Lipinski definition) is 2. The second-order valence-corrected chi connectivity index (χ2v) is 9.81. The van der Waals surface area contributed by atoms with Crippen molar-refractivity contribution >= 4 is 18.0 Å². The second-order valence-electron chi connectivity index (χ2n) is 9.81. The summed E-state index contributed by atoms with van der Waals surface area (Å²) in [5.41, 5.74) is 5.67. The molecular weight excluding hydrogens is 500 g/mol. The SMILES string of the molecule is O=C(O)CCCCC(/C=C/c1ccccc1OCc1ccccc1-c1ccccc1)Cc1ccc(C(=O)O)cc1. The number of unbranched alkanes of at least 4 members (excludes halogenated alkanes) is 1. The normalized spacial score (nSPS) is 11.8. The number of carboxylic acid groups (broad SMARTS) is 2. The molecule has 0 saturated carbocycles. The van der Waals surface area contributed by atoms with Gasteiger partial charge >= 0.3 is 11.9 Å². The van der Waals surface area contributed by atoms with Crippen molar-refractivity contribution in [1.29, 1.82) is 0 Å². The molecule has 0 aliphatic heterocycles. The molecule has 0 saturated heterocycles. The Kier molecular flexibility index (Phi) is 10.3. The van der Waals surface area contributed by atoms with E-state index in [2.05, 4.69) is 36.4 Å². The zero-order valence-electron chi connectivity index (χ0n) is 22.4. The minimum atomic E-state index is -0.945. The van der Waals surface area contributed by atoms with Gasteiger partial charge in [-0.25, -0.2) is 4.79 Å². The lowest BCUT2D eigenvalue weighted by molar-refractivity contribution is -0.137. The number of allylic oxidation sites excluding steroid dienone is 1. The van der Waals surface area contributed by atoms with Crippen LogP contribution in [0.1, 0.15) is 52.7 Å². The highest BCUT2D eigenvalue weighted by atomic mass is 16.5. The lowest BCUT2D eigenvalue weighted by Gasteiger charge is -2.15. The van der Waals surface area contributed by atoms with Crippen molar-refractivity contribution in [2.24, 2.45) is 5.92 Å². The van der Waals surface area contributed by atoms with Crippen LogP contribution in [-0.2, 0) is 17.8 Å². The topological polar surface area (TPSA) is 83.8 Å². The van der Waals surface area contributed by atoms with Gasteiger partial charge in [-0.3, -0.25) is 4.79 Å². The Morgan fingerprint density at radius 1 is 0.775 bits per heavy atom. The predicted molar refractivity (Wildman–Crippen MR) is 158 cm³/mol. The molecule has 0 amide bonds. The van der Waals surface area contributed by atoms with Crippen LogP contribution in [0.25, 0.3) is 17.2 Å². The van der Waals surface area contributed by atoms with Crippen molar-refractivity contribution in [3.05, 3.63) is 131 Å². The quantitative estimate of drug-likeness (QED) is 0.160. The number of para-hydroxylation sites is 1. The van der Waals surface area contributed by atoms with E-state index >= 15 is 0 Å². The fourth-order valence-corrected chi connectivity index (χ4v) is 4.73. The highest BCUT2D eigenvalue weighted by Gasteiger charge is 2.11. The van der Waals surface area contributed by atoms with Crippen LogP contribution in [0.5, 0.6) is 5.75 Å². The minimum absolute atomic E-state index is 0.158. The molecule has 5 nitrogen and oxygen atoms in total. The summed E-state index contributed by atoms with van der Waals surface area (Å²) < 4.78 is 6.32. The lowest BCUT2D eigenvalue weighted by Crippen LogP contribution is -2.04. The minimum Gasteiger partial charge on any atom is -0.488 e. The third-order valence-corrected chi connectivity index (χ3v) is 6.87. The average Bonchev–Trinajstić information content (AvgIpc) is 2.98. The van der Waals surface area contributed by atoms with Gasteiger partial charge in [0.15, 0.2) is 0 Å². The highest BCUT2D eigenvalue weighted by Crippen LogP contribution is 2.27. The molecule has 0 aliphatic carbocycles. The third-order valence-electron chi connectivity index (χ3n) is 6.87. The molecule has 204 valence electrons. The van der Waals surface area contributed by atoms with Gasteiger partial charge in [0.25, 0.3) is 0 Å². The van der Waals surface area contributed by atoms with Gasteiger partial charge in [0, 0.05) is 12.0 Å². The van der Waals surface area contributed by atoms with Crippen molar-refractivity contribution in [3.63, 3.8) is 0 Å². The molecule has 0 fully saturated rings. The number of benzene rings is 4. The zero-order valence-corrected chi connectivity index (χ0v) is 22.4. The Hall–Kier alpha value is -4.64. The summed E-state index contributed by atoms with van der Waals surface area (Å²) in [4.78, 5) is 22.2. The third kappa shape index (κ3) is 8.43. The summed E-state index contributed by atoms with van der Waals surface area (Å²) in [5, 5.41) is 18.2. The van der Waals surface area contributed by atoms with E-state index in [-0.39, 0.29) is 17.9 Å². The van der Waals surface area contributed by atoms with Crippen LogP contribution in [-0.4, -0.2) is 22.2 Å². The summed E-state index contributed by atoms with van der Waals surface area (Å²) in [6.45, 7) is 0.435. The van der Waals surface area contributed by atoms with Crippen LogP contribution in [0, 0.1) is 5.92 Å². The summed E-state index contributed by atoms with van der Waals surface area (Å²) in [7, 11) is 0. The predicted octanol–water partition coefficient (Wildman–Crippen LogP) is 8.15. The lowest BCUT2D eigenvalue weighted by atomic mass is 9.92. The van der Waals surface area contributed by atoms with Gasteiger partial charge < -0.3 is 14.9 Å². The Balaban J connectivity index is 1.48. The molecule has 1 unspecified atom stereocenters. The van der Waals surface area contributed by atoms with E-state index in [9.17, 15) is 14.7 Å². The number of aromatic carboxylic acids is 1. The first-order valence-electron chi connectivity index (χ1n) is 13.6. The fraction of sp³-hybridized carbons (Fsp3) is 0.200. The maximum absolute atomic E-state index is 11.2. The fourth-order valence-electron chi connectivity index (χ4n) is 4.73. The average molecular weight is 535 g/mol. The molecule has 0 radical (unpaired) electrons. The number of ether oxygens (including phenoxy) is 1. The van der Waals surface area contributed by atoms with E-state index in [0.29, 0.717) is 13.0 Å². The molecule has 0 aliphatic rings. The van der Waals surface area contributed by atoms with E-state index in [4.69, 9.17) is 9.84 Å². The van der Waals surface area contributed by atoms with Gasteiger partial charge in [-0.1, -0.05) is 104 Å². The highest BCUT2D eigenvalue weighted by molar-refractivity contribution is 5.87. The van der Waals surface area contributed by atoms with Crippen molar-refractivity contribution in [2.45, 2.75) is 38.7 Å². The van der Waals surface area contributed by atoms with Crippen LogP contribution < -0.4 is 4.74 Å². The monoisotopic (exact) mass is 534 g/mol. The smallest absolute Gasteiger partial charge is 0.335 e. The van der Waals surface area contributed by atoms with E-state index < -0.39 is 11.9 Å². The van der Waals surface area contributed by atoms with Crippen LogP contribution in [0.3, 0.4) is 0 Å². The van der Waals surface area contributed by atoms with Crippen LogP contribution in [0.4, 0.5) is 0 Å². The largest absolute Gasteiger partial charge is 0.488 e. The maximum Gasteiger partial charge on any atom is 0.335 e. The number of rotatable bonds is 14. The maximum atomic E-state index is 11.2. The molecule has 4 rings (SSSR count). The van der Waals surface area contributed by atoms with Crippen molar-refractivity contribution in [1.82, 2.24) is 0 Å². The summed E-state index contributed by atoms with van der Waals surface area (Å²) in [6.07, 6.45) is 7.37. The molecular formula is C35H34O5. The van der Waals surface area contributed by atoms with E-state index in [1.54, 1.807) is 12.1 Å². The molecule has 0 spiro atoms. The Bertz CT molecular complexity index is 1420. The first-order valence-corrected chi connectivity index (χ1v) is 13.6. The van der Waals surface area contributed by atoms with Crippen molar-refractivity contribution in [2.75, 3.05) is 0 Å². The van der Waals surface area contributed by atoms with Crippen LogP contribution >= 0.6 is 0 Å². The first kappa shape index (κ1) is 28.4. The zero-order chi connectivity index (χ0) is 28.2. The van der Waals surface area contributed by atoms with Crippen molar-refractivity contribution in [3.8, 4) is 16.9 Å². The molecule has 4 aromatic carbocycles. The number of carboxylic acids is 2. The number of aliphatic carboxylic acids is 1. The molecule has 0 heterocycles. The number of hydrogen-bond acceptors (Lipinski definition) is 3. The van der Waals surface area contributed by atoms with Crippen LogP contribution in [0.2, 0.25) is 0 Å². The second kappa shape index (κ2) is 14.5. The van der Waals surface area contributed by atoms with E-state index in [1.165, 1.54) is 0 Å². The molecule has 0 bridgehead atoms. The standard InChI is InChI=1S/C35H34O5/c36-34(37)17-9-4-10-26(24-27-19-22-30(23-20-27)35(38)39)18-21-29-13-6-8-16-33(29)40-25-31-14-5-7-15-32(31)28-11-2-1-3-12-28/h1-3,5-8,11-16,18-23,26H,4,9-10,17,24-25H2,(H,36,37)(H,38,39)/b21-18+. The summed E-state index contributed by atoms with van der Waals surface area (Å²) >= 11 is 0.